The van der Waals surface area contributed by atoms with Crippen molar-refractivity contribution in [1.29, 1.82) is 0 Å². The summed E-state index contributed by atoms with van der Waals surface area (Å²) in [6.07, 6.45) is 9.32. The van der Waals surface area contributed by atoms with Gasteiger partial charge in [-0.1, -0.05) is 19.8 Å². The minimum atomic E-state index is 0.111. The first-order valence-corrected chi connectivity index (χ1v) is 8.39. The molecule has 0 radical (unpaired) electrons. The van der Waals surface area contributed by atoms with Crippen LogP contribution in [0.25, 0.3) is 0 Å². The molecule has 2 fully saturated rings. The van der Waals surface area contributed by atoms with Gasteiger partial charge in [0.1, 0.15) is 0 Å². The van der Waals surface area contributed by atoms with Gasteiger partial charge in [0.25, 0.3) is 0 Å². The minimum Gasteiger partial charge on any atom is -0.396 e. The van der Waals surface area contributed by atoms with Crippen molar-refractivity contribution >= 4 is 6.03 Å². The van der Waals surface area contributed by atoms with E-state index in [1.165, 1.54) is 25.7 Å². The smallest absolute Gasteiger partial charge is 0.317 e. The van der Waals surface area contributed by atoms with Crippen LogP contribution in [0, 0.1) is 11.8 Å². The zero-order valence-corrected chi connectivity index (χ0v) is 12.8. The summed E-state index contributed by atoms with van der Waals surface area (Å²) >= 11 is 0. The Morgan fingerprint density at radius 2 is 1.75 bits per heavy atom. The number of rotatable bonds is 4. The Kier molecular flexibility index (Phi) is 6.14. The molecule has 0 atom stereocenters. The number of carbonyl (C=O) groups is 1. The Hall–Kier alpha value is -0.770. The molecule has 0 aromatic carbocycles. The van der Waals surface area contributed by atoms with E-state index in [0.717, 1.165) is 44.7 Å². The second kappa shape index (κ2) is 7.87. The lowest BCUT2D eigenvalue weighted by atomic mass is 9.83. The lowest BCUT2D eigenvalue weighted by Crippen LogP contribution is -2.48. The van der Waals surface area contributed by atoms with Crippen LogP contribution in [0.4, 0.5) is 4.79 Å². The lowest BCUT2D eigenvalue weighted by Gasteiger charge is -2.34. The summed E-state index contributed by atoms with van der Waals surface area (Å²) in [5.74, 6) is 1.27. The van der Waals surface area contributed by atoms with Crippen molar-refractivity contribution in [2.45, 2.75) is 64.3 Å². The highest BCUT2D eigenvalue weighted by atomic mass is 16.3. The van der Waals surface area contributed by atoms with Gasteiger partial charge < -0.3 is 15.3 Å². The number of likely N-dealkylation sites (tertiary alicyclic amines) is 1. The molecule has 0 unspecified atom stereocenters. The highest BCUT2D eigenvalue weighted by Gasteiger charge is 2.26. The van der Waals surface area contributed by atoms with Gasteiger partial charge in [-0.2, -0.15) is 0 Å². The van der Waals surface area contributed by atoms with E-state index in [1.807, 2.05) is 4.90 Å². The number of amides is 2. The van der Waals surface area contributed by atoms with Crippen LogP contribution in [0.3, 0.4) is 0 Å². The third-order valence-electron chi connectivity index (χ3n) is 5.03. The Morgan fingerprint density at radius 3 is 2.30 bits per heavy atom. The van der Waals surface area contributed by atoms with Crippen molar-refractivity contribution in [2.75, 3.05) is 19.7 Å². The molecule has 1 saturated heterocycles. The second-order valence-corrected chi connectivity index (χ2v) is 6.57. The van der Waals surface area contributed by atoms with E-state index in [-0.39, 0.29) is 12.6 Å². The van der Waals surface area contributed by atoms with Crippen LogP contribution in [0.2, 0.25) is 0 Å². The molecular weight excluding hydrogens is 252 g/mol. The van der Waals surface area contributed by atoms with E-state index in [0.29, 0.717) is 12.0 Å². The maximum atomic E-state index is 12.2. The van der Waals surface area contributed by atoms with Gasteiger partial charge in [0.05, 0.1) is 0 Å². The molecule has 0 aromatic rings. The summed E-state index contributed by atoms with van der Waals surface area (Å²) in [5.41, 5.74) is 0. The molecule has 4 nitrogen and oxygen atoms in total. The van der Waals surface area contributed by atoms with Crippen LogP contribution in [0.15, 0.2) is 0 Å². The van der Waals surface area contributed by atoms with Crippen LogP contribution in [0.5, 0.6) is 0 Å². The van der Waals surface area contributed by atoms with Crippen molar-refractivity contribution in [1.82, 2.24) is 10.2 Å². The van der Waals surface area contributed by atoms with Crippen molar-refractivity contribution in [3.05, 3.63) is 0 Å². The average molecular weight is 282 g/mol. The zero-order valence-electron chi connectivity index (χ0n) is 12.8. The molecule has 2 rings (SSSR count). The monoisotopic (exact) mass is 282 g/mol. The van der Waals surface area contributed by atoms with Crippen LogP contribution >= 0.6 is 0 Å². The molecule has 0 bridgehead atoms. The van der Waals surface area contributed by atoms with Crippen molar-refractivity contribution in [2.24, 2.45) is 11.8 Å². The topological polar surface area (TPSA) is 52.6 Å². The summed E-state index contributed by atoms with van der Waals surface area (Å²) in [6, 6.07) is 0.492. The first kappa shape index (κ1) is 15.6. The molecule has 1 aliphatic heterocycles. The normalized spacial score (nSPS) is 28.4. The number of piperidine rings is 1. The van der Waals surface area contributed by atoms with E-state index in [4.69, 9.17) is 5.11 Å². The largest absolute Gasteiger partial charge is 0.396 e. The third-order valence-corrected chi connectivity index (χ3v) is 5.03. The van der Waals surface area contributed by atoms with Crippen molar-refractivity contribution in [3.8, 4) is 0 Å². The summed E-state index contributed by atoms with van der Waals surface area (Å²) in [5, 5.41) is 12.3. The molecule has 116 valence electrons. The number of nitrogens with one attached hydrogen (secondary N) is 1. The number of hydrogen-bond donors (Lipinski definition) is 2. The number of urea groups is 1. The van der Waals surface area contributed by atoms with E-state index < -0.39 is 0 Å². The van der Waals surface area contributed by atoms with Crippen LogP contribution in [-0.4, -0.2) is 41.8 Å². The summed E-state index contributed by atoms with van der Waals surface area (Å²) < 4.78 is 0. The van der Waals surface area contributed by atoms with E-state index in [1.54, 1.807) is 0 Å². The molecule has 4 heteroatoms. The molecule has 1 aliphatic carbocycles. The third kappa shape index (κ3) is 4.37. The quantitative estimate of drug-likeness (QED) is 0.833. The number of carbonyl (C=O) groups excluding carboxylic acids is 1. The van der Waals surface area contributed by atoms with Gasteiger partial charge in [0.15, 0.2) is 0 Å². The molecular formula is C16H30N2O2. The first-order valence-electron chi connectivity index (χ1n) is 8.39. The molecule has 2 aliphatic rings. The number of aliphatic hydroxyl groups excluding tert-OH is 1. The maximum absolute atomic E-state index is 12.2. The minimum absolute atomic E-state index is 0.111. The summed E-state index contributed by atoms with van der Waals surface area (Å²) in [7, 11) is 0. The second-order valence-electron chi connectivity index (χ2n) is 6.57. The predicted octanol–water partition coefficient (Wildman–Crippen LogP) is 2.76. The van der Waals surface area contributed by atoms with Gasteiger partial charge >= 0.3 is 6.03 Å². The van der Waals surface area contributed by atoms with Gasteiger partial charge in [0, 0.05) is 25.7 Å². The van der Waals surface area contributed by atoms with E-state index in [9.17, 15) is 4.79 Å². The van der Waals surface area contributed by atoms with Crippen LogP contribution in [0.1, 0.15) is 58.3 Å². The van der Waals surface area contributed by atoms with Gasteiger partial charge in [-0.3, -0.25) is 0 Å². The maximum Gasteiger partial charge on any atom is 0.317 e. The summed E-state index contributed by atoms with van der Waals surface area (Å²) in [4.78, 5) is 14.1. The van der Waals surface area contributed by atoms with E-state index in [2.05, 4.69) is 12.2 Å². The molecule has 1 saturated carbocycles. The fraction of sp³-hybridized carbons (Fsp3) is 0.938. The molecule has 2 amide bonds. The Labute approximate surface area is 122 Å². The Bertz CT molecular complexity index is 293. The van der Waals surface area contributed by atoms with Crippen molar-refractivity contribution in [3.63, 3.8) is 0 Å². The number of nitrogens with zero attached hydrogens (tertiary/aromatic N) is 1. The van der Waals surface area contributed by atoms with Gasteiger partial charge in [-0.05, 0) is 50.4 Å². The molecule has 20 heavy (non-hydrogen) atoms. The van der Waals surface area contributed by atoms with Gasteiger partial charge in [-0.25, -0.2) is 4.79 Å². The fourth-order valence-corrected chi connectivity index (χ4v) is 3.59. The Balaban J connectivity index is 1.68. The average Bonchev–Trinajstić information content (AvgIpc) is 2.49. The van der Waals surface area contributed by atoms with Crippen LogP contribution < -0.4 is 5.32 Å². The predicted molar refractivity (Wildman–Crippen MR) is 80.6 cm³/mol. The van der Waals surface area contributed by atoms with Crippen molar-refractivity contribution < 1.29 is 9.90 Å². The fourth-order valence-electron chi connectivity index (χ4n) is 3.59. The summed E-state index contributed by atoms with van der Waals surface area (Å²) in [6.45, 7) is 4.10. The molecule has 0 spiro atoms. The first-order chi connectivity index (χ1) is 9.72. The van der Waals surface area contributed by atoms with Gasteiger partial charge in [-0.15, -0.1) is 0 Å². The zero-order chi connectivity index (χ0) is 14.4. The highest BCUT2D eigenvalue weighted by Crippen LogP contribution is 2.28. The van der Waals surface area contributed by atoms with Gasteiger partial charge in [0.2, 0.25) is 0 Å². The number of aliphatic hydroxyl groups is 1. The SMILES string of the molecule is CCCC1CCC(NC(=O)N2CCC(CO)CC2)CC1. The Morgan fingerprint density at radius 1 is 1.10 bits per heavy atom. The number of hydrogen-bond acceptors (Lipinski definition) is 2. The molecule has 0 aromatic heterocycles. The standard InChI is InChI=1S/C16H30N2O2/c1-2-3-13-4-6-15(7-5-13)17-16(20)18-10-8-14(12-19)9-11-18/h13-15,19H,2-12H2,1H3,(H,17,20). The molecule has 1 heterocycles. The van der Waals surface area contributed by atoms with E-state index >= 15 is 0 Å². The molecule has 2 N–H and O–H groups in total. The van der Waals surface area contributed by atoms with Crippen LogP contribution in [-0.2, 0) is 0 Å². The lowest BCUT2D eigenvalue weighted by molar-refractivity contribution is 0.133. The highest BCUT2D eigenvalue weighted by molar-refractivity contribution is 5.74.